The highest BCUT2D eigenvalue weighted by atomic mass is 79.9. The first kappa shape index (κ1) is 9.63. The van der Waals surface area contributed by atoms with Gasteiger partial charge in [0.1, 0.15) is 0 Å². The molecule has 0 saturated carbocycles. The van der Waals surface area contributed by atoms with Gasteiger partial charge < -0.3 is 5.32 Å². The number of hydrogen-bond acceptors (Lipinski definition) is 1. The van der Waals surface area contributed by atoms with Crippen LogP contribution in [0.25, 0.3) is 0 Å². The summed E-state index contributed by atoms with van der Waals surface area (Å²) in [5, 5.41) is 4.49. The Morgan fingerprint density at radius 3 is 2.92 bits per heavy atom. The summed E-state index contributed by atoms with van der Waals surface area (Å²) in [4.78, 5) is 0.388. The zero-order valence-corrected chi connectivity index (χ0v) is 9.88. The summed E-state index contributed by atoms with van der Waals surface area (Å²) >= 11 is 15.6. The van der Waals surface area contributed by atoms with Crippen LogP contribution in [0.2, 0.25) is 10.0 Å². The maximum Gasteiger partial charge on any atom is 0.0826 e. The second-order valence-electron chi connectivity index (χ2n) is 3.01. The fraction of sp³-hybridized carbons (Fsp3) is 0.333. The third kappa shape index (κ3) is 1.67. The Balaban J connectivity index is 2.56. The molecule has 1 heterocycles. The van der Waals surface area contributed by atoms with E-state index in [9.17, 15) is 0 Å². The molecule has 1 unspecified atom stereocenters. The van der Waals surface area contributed by atoms with Gasteiger partial charge in [-0.3, -0.25) is 0 Å². The molecule has 0 spiro atoms. The number of hydrogen-bond donors (Lipinski definition) is 1. The number of alkyl halides is 1. The lowest BCUT2D eigenvalue weighted by Gasteiger charge is -2.23. The number of benzene rings is 1. The second kappa shape index (κ2) is 3.68. The summed E-state index contributed by atoms with van der Waals surface area (Å²) in [6.45, 7) is 0.934. The molecule has 2 rings (SSSR count). The van der Waals surface area contributed by atoms with Gasteiger partial charge in [-0.2, -0.15) is 0 Å². The van der Waals surface area contributed by atoms with Crippen molar-refractivity contribution in [1.82, 2.24) is 0 Å². The predicted octanol–water partition coefficient (Wildman–Crippen LogP) is 4.25. The van der Waals surface area contributed by atoms with Crippen molar-refractivity contribution in [3.63, 3.8) is 0 Å². The summed E-state index contributed by atoms with van der Waals surface area (Å²) in [5.74, 6) is 0. The number of nitrogens with one attached hydrogen (secondary N) is 1. The van der Waals surface area contributed by atoms with Crippen molar-refractivity contribution in [2.45, 2.75) is 11.2 Å². The van der Waals surface area contributed by atoms with E-state index in [1.54, 1.807) is 0 Å². The first-order valence-corrected chi connectivity index (χ1v) is 5.73. The fourth-order valence-electron chi connectivity index (χ4n) is 1.49. The van der Waals surface area contributed by atoms with E-state index < -0.39 is 0 Å². The molecule has 13 heavy (non-hydrogen) atoms. The third-order valence-electron chi connectivity index (χ3n) is 2.16. The van der Waals surface area contributed by atoms with Gasteiger partial charge in [0.15, 0.2) is 0 Å². The third-order valence-corrected chi connectivity index (χ3v) is 3.92. The Hall–Kier alpha value is 0.0800. The van der Waals surface area contributed by atoms with Crippen LogP contribution in [0.15, 0.2) is 12.1 Å². The average Bonchev–Trinajstić information content (AvgIpc) is 2.12. The summed E-state index contributed by atoms with van der Waals surface area (Å²) in [6, 6.07) is 3.85. The van der Waals surface area contributed by atoms with Crippen molar-refractivity contribution in [2.24, 2.45) is 0 Å². The van der Waals surface area contributed by atoms with Crippen molar-refractivity contribution in [3.05, 3.63) is 27.7 Å². The van der Waals surface area contributed by atoms with Gasteiger partial charge in [0, 0.05) is 11.4 Å². The van der Waals surface area contributed by atoms with E-state index in [1.807, 2.05) is 12.1 Å². The molecule has 0 fully saturated rings. The molecular formula is C9H8BrCl2N. The van der Waals surface area contributed by atoms with E-state index >= 15 is 0 Å². The molecule has 4 heteroatoms. The summed E-state index contributed by atoms with van der Waals surface area (Å²) in [5.41, 5.74) is 2.17. The maximum absolute atomic E-state index is 6.06. The van der Waals surface area contributed by atoms with Crippen molar-refractivity contribution >= 4 is 44.8 Å². The van der Waals surface area contributed by atoms with Gasteiger partial charge in [-0.25, -0.2) is 0 Å². The van der Waals surface area contributed by atoms with E-state index in [0.29, 0.717) is 14.9 Å². The number of anilines is 1. The smallest absolute Gasteiger partial charge is 0.0826 e. The number of halogens is 3. The van der Waals surface area contributed by atoms with Gasteiger partial charge in [0.05, 0.1) is 15.7 Å². The van der Waals surface area contributed by atoms with Crippen LogP contribution in [-0.4, -0.2) is 6.54 Å². The van der Waals surface area contributed by atoms with Crippen LogP contribution in [-0.2, 0) is 0 Å². The van der Waals surface area contributed by atoms with Crippen LogP contribution >= 0.6 is 39.1 Å². The van der Waals surface area contributed by atoms with Gasteiger partial charge in [0.25, 0.3) is 0 Å². The van der Waals surface area contributed by atoms with Crippen LogP contribution in [0.4, 0.5) is 5.69 Å². The molecule has 0 aromatic heterocycles. The van der Waals surface area contributed by atoms with Crippen molar-refractivity contribution < 1.29 is 0 Å². The molecular weight excluding hydrogens is 273 g/mol. The summed E-state index contributed by atoms with van der Waals surface area (Å²) in [6.07, 6.45) is 1.07. The van der Waals surface area contributed by atoms with Crippen LogP contribution in [0.5, 0.6) is 0 Å². The molecule has 0 amide bonds. The Labute approximate surface area is 95.5 Å². The molecule has 1 nitrogen and oxygen atoms in total. The number of rotatable bonds is 0. The molecule has 0 radical (unpaired) electrons. The predicted molar refractivity (Wildman–Crippen MR) is 61.2 cm³/mol. The van der Waals surface area contributed by atoms with Gasteiger partial charge in [-0.1, -0.05) is 45.2 Å². The highest BCUT2D eigenvalue weighted by Crippen LogP contribution is 2.42. The molecule has 70 valence electrons. The Morgan fingerprint density at radius 1 is 1.38 bits per heavy atom. The minimum Gasteiger partial charge on any atom is -0.383 e. The van der Waals surface area contributed by atoms with Crippen molar-refractivity contribution in [3.8, 4) is 0 Å². The molecule has 0 aliphatic carbocycles. The molecule has 0 saturated heterocycles. The van der Waals surface area contributed by atoms with E-state index in [4.69, 9.17) is 23.2 Å². The topological polar surface area (TPSA) is 12.0 Å². The lowest BCUT2D eigenvalue weighted by molar-refractivity contribution is 0.823. The van der Waals surface area contributed by atoms with E-state index in [1.165, 1.54) is 5.56 Å². The molecule has 1 aliphatic heterocycles. The van der Waals surface area contributed by atoms with Crippen LogP contribution in [0.1, 0.15) is 16.8 Å². The minimum atomic E-state index is 0.388. The highest BCUT2D eigenvalue weighted by molar-refractivity contribution is 9.09. The minimum absolute atomic E-state index is 0.388. The molecule has 1 aliphatic rings. The zero-order chi connectivity index (χ0) is 9.42. The Morgan fingerprint density at radius 2 is 2.15 bits per heavy atom. The van der Waals surface area contributed by atoms with Gasteiger partial charge in [-0.05, 0) is 18.1 Å². The largest absolute Gasteiger partial charge is 0.383 e. The molecule has 1 atom stereocenters. The zero-order valence-electron chi connectivity index (χ0n) is 6.78. The lowest BCUT2D eigenvalue weighted by atomic mass is 10.0. The van der Waals surface area contributed by atoms with Crippen LogP contribution < -0.4 is 5.32 Å². The normalized spacial score (nSPS) is 20.7. The van der Waals surface area contributed by atoms with Crippen LogP contribution in [0.3, 0.4) is 0 Å². The van der Waals surface area contributed by atoms with Crippen molar-refractivity contribution in [1.29, 1.82) is 0 Å². The first-order chi connectivity index (χ1) is 6.20. The maximum atomic E-state index is 6.06. The van der Waals surface area contributed by atoms with Gasteiger partial charge in [-0.15, -0.1) is 0 Å². The Bertz CT molecular complexity index is 341. The first-order valence-electron chi connectivity index (χ1n) is 4.06. The standard InChI is InChI=1S/C9H8BrCl2N/c10-6-3-4-13-9-5(6)1-2-7(11)8(9)12/h1-2,6,13H,3-4H2. The molecule has 0 bridgehead atoms. The van der Waals surface area contributed by atoms with Gasteiger partial charge in [0.2, 0.25) is 0 Å². The average molecular weight is 281 g/mol. The lowest BCUT2D eigenvalue weighted by Crippen LogP contribution is -2.13. The monoisotopic (exact) mass is 279 g/mol. The van der Waals surface area contributed by atoms with Crippen LogP contribution in [0, 0.1) is 0 Å². The Kier molecular flexibility index (Phi) is 2.72. The van der Waals surface area contributed by atoms with E-state index in [0.717, 1.165) is 18.7 Å². The summed E-state index contributed by atoms with van der Waals surface area (Å²) < 4.78 is 0. The SMILES string of the molecule is Clc1ccc2c(c1Cl)NCCC2Br. The van der Waals surface area contributed by atoms with E-state index in [2.05, 4.69) is 21.2 Å². The van der Waals surface area contributed by atoms with E-state index in [-0.39, 0.29) is 0 Å². The fourth-order valence-corrected chi connectivity index (χ4v) is 2.49. The molecule has 1 aromatic carbocycles. The second-order valence-corrected chi connectivity index (χ2v) is 4.90. The van der Waals surface area contributed by atoms with Gasteiger partial charge >= 0.3 is 0 Å². The summed E-state index contributed by atoms with van der Waals surface area (Å²) in [7, 11) is 0. The quantitative estimate of drug-likeness (QED) is 0.701. The molecule has 1 N–H and O–H groups in total. The highest BCUT2D eigenvalue weighted by Gasteiger charge is 2.20. The molecule has 1 aromatic rings. The van der Waals surface area contributed by atoms with Crippen molar-refractivity contribution in [2.75, 3.05) is 11.9 Å². The number of fused-ring (bicyclic) bond motifs is 1.